The van der Waals surface area contributed by atoms with Crippen LogP contribution < -0.4 is 24.8 Å². The molecule has 0 radical (unpaired) electrons. The fourth-order valence-electron chi connectivity index (χ4n) is 2.76. The first kappa shape index (κ1) is 22.7. The minimum atomic E-state index is -0.872. The van der Waals surface area contributed by atoms with Crippen molar-refractivity contribution >= 4 is 8.07 Å². The number of allylic oxidation sites excluding steroid dienone is 8. The van der Waals surface area contributed by atoms with Crippen molar-refractivity contribution in [3.63, 3.8) is 0 Å². The number of hydrogen-bond donors (Lipinski definition) is 0. The van der Waals surface area contributed by atoms with E-state index in [2.05, 4.69) is 38.2 Å². The van der Waals surface area contributed by atoms with E-state index in [1.165, 1.54) is 24.5 Å². The van der Waals surface area contributed by atoms with E-state index in [0.717, 1.165) is 6.42 Å². The monoisotopic (exact) mass is 360 g/mol. The number of rotatable bonds is 2. The summed E-state index contributed by atoms with van der Waals surface area (Å²) in [5.41, 5.74) is 1.39. The Morgan fingerprint density at radius 3 is 2.20 bits per heavy atom. The van der Waals surface area contributed by atoms with E-state index in [-0.39, 0.29) is 46.5 Å². The molecule has 1 fully saturated rings. The van der Waals surface area contributed by atoms with E-state index in [4.69, 9.17) is 0 Å². The Kier molecular flexibility index (Phi) is 12.6. The smallest absolute Gasteiger partial charge is 1.00 e. The first-order valence-electron chi connectivity index (χ1n) is 6.79. The largest absolute Gasteiger partial charge is 4.00 e. The maximum absolute atomic E-state index is 3.59. The Labute approximate surface area is 152 Å². The molecule has 0 N–H and O–H groups in total. The van der Waals surface area contributed by atoms with Crippen LogP contribution in [0.2, 0.25) is 18.1 Å². The van der Waals surface area contributed by atoms with E-state index in [9.17, 15) is 0 Å². The van der Waals surface area contributed by atoms with Gasteiger partial charge in [0, 0.05) is 0 Å². The Bertz CT molecular complexity index is 378. The Morgan fingerprint density at radius 1 is 1.25 bits per heavy atom. The summed E-state index contributed by atoms with van der Waals surface area (Å²) in [6, 6.07) is 4.55. The summed E-state index contributed by atoms with van der Waals surface area (Å²) in [6.45, 7) is 4.57. The predicted octanol–water partition coefficient (Wildman–Crippen LogP) is -1.21. The molecule has 2 aliphatic carbocycles. The average molecular weight is 361 g/mol. The second kappa shape index (κ2) is 11.1. The minimum Gasteiger partial charge on any atom is -1.00 e. The van der Waals surface area contributed by atoms with Gasteiger partial charge in [-0.2, -0.15) is 11.3 Å². The zero-order valence-corrected chi connectivity index (χ0v) is 16.4. The third-order valence-electron chi connectivity index (χ3n) is 4.17. The summed E-state index contributed by atoms with van der Waals surface area (Å²) >= 11 is 0. The molecule has 4 heteroatoms. The van der Waals surface area contributed by atoms with Crippen molar-refractivity contribution in [3.8, 4) is 0 Å². The van der Waals surface area contributed by atoms with Gasteiger partial charge < -0.3 is 24.8 Å². The third kappa shape index (κ3) is 5.69. The van der Waals surface area contributed by atoms with Crippen molar-refractivity contribution in [1.29, 1.82) is 0 Å². The minimum absolute atomic E-state index is 0. The molecule has 0 aromatic heterocycles. The van der Waals surface area contributed by atoms with Crippen molar-refractivity contribution in [2.45, 2.75) is 51.2 Å². The summed E-state index contributed by atoms with van der Waals surface area (Å²) < 4.78 is 0. The van der Waals surface area contributed by atoms with Crippen LogP contribution in [0.3, 0.4) is 0 Å². The van der Waals surface area contributed by atoms with Crippen LogP contribution in [0.4, 0.5) is 0 Å². The van der Waals surface area contributed by atoms with Crippen LogP contribution >= 0.6 is 0 Å². The average Bonchev–Trinajstić information content (AvgIpc) is 2.91. The first-order valence-corrected chi connectivity index (χ1v) is 9.41. The second-order valence-electron chi connectivity index (χ2n) is 5.19. The van der Waals surface area contributed by atoms with E-state index >= 15 is 0 Å². The molecule has 0 aromatic carbocycles. The molecule has 0 atom stereocenters. The quantitative estimate of drug-likeness (QED) is 0.428. The molecule has 1 saturated heterocycles. The molecule has 0 saturated carbocycles. The van der Waals surface area contributed by atoms with Crippen LogP contribution in [0.25, 0.3) is 0 Å². The van der Waals surface area contributed by atoms with Gasteiger partial charge in [0.15, 0.2) is 0 Å². The van der Waals surface area contributed by atoms with Gasteiger partial charge in [0.25, 0.3) is 0 Å². The van der Waals surface area contributed by atoms with E-state index in [0.29, 0.717) is 0 Å². The van der Waals surface area contributed by atoms with Crippen molar-refractivity contribution < 1.29 is 46.5 Å². The van der Waals surface area contributed by atoms with Crippen molar-refractivity contribution in [2.75, 3.05) is 0 Å². The Morgan fingerprint density at radius 2 is 1.95 bits per heavy atom. The molecule has 108 valence electrons. The fraction of sp³-hybridized carbons (Fsp3) is 0.500. The summed E-state index contributed by atoms with van der Waals surface area (Å²) in [5.74, 6) is 0. The molecule has 0 unspecified atom stereocenters. The molecule has 0 spiro atoms. The van der Waals surface area contributed by atoms with Crippen LogP contribution in [-0.4, -0.2) is 8.07 Å². The van der Waals surface area contributed by atoms with Crippen LogP contribution in [0.15, 0.2) is 35.1 Å². The number of hydrogen-bond acceptors (Lipinski definition) is 0. The maximum atomic E-state index is 3.59. The molecule has 0 nitrogen and oxygen atoms in total. The van der Waals surface area contributed by atoms with Gasteiger partial charge in [-0.3, -0.25) is 12.2 Å². The molecule has 3 rings (SSSR count). The van der Waals surface area contributed by atoms with Gasteiger partial charge >= 0.3 is 21.7 Å². The summed E-state index contributed by atoms with van der Waals surface area (Å²) in [5, 5.41) is 1.73. The topological polar surface area (TPSA) is 0 Å². The van der Waals surface area contributed by atoms with Gasteiger partial charge in [0.2, 0.25) is 0 Å². The summed E-state index contributed by atoms with van der Waals surface area (Å²) in [4.78, 5) is 0. The van der Waals surface area contributed by atoms with Crippen molar-refractivity contribution in [2.24, 2.45) is 0 Å². The number of halogens is 2. The second-order valence-corrected chi connectivity index (χ2v) is 10.1. The summed E-state index contributed by atoms with van der Waals surface area (Å²) in [7, 11) is -0.872. The fourth-order valence-corrected chi connectivity index (χ4v) is 6.70. The molecule has 0 aromatic rings. The van der Waals surface area contributed by atoms with Crippen LogP contribution in [-0.2, 0) is 21.7 Å². The maximum Gasteiger partial charge on any atom is 4.00 e. The van der Waals surface area contributed by atoms with E-state index in [1.807, 2.05) is 12.2 Å². The van der Waals surface area contributed by atoms with Crippen LogP contribution in [0.5, 0.6) is 0 Å². The van der Waals surface area contributed by atoms with E-state index in [1.54, 1.807) is 17.3 Å². The zero-order chi connectivity index (χ0) is 12.1. The van der Waals surface area contributed by atoms with Gasteiger partial charge in [-0.1, -0.05) is 38.4 Å². The normalized spacial score (nSPS) is 20.1. The third-order valence-corrected chi connectivity index (χ3v) is 9.76. The molecule has 0 bridgehead atoms. The Hall–Kier alpha value is 0.471. The molecular formula is C16H22Cl2SiTi. The van der Waals surface area contributed by atoms with Crippen molar-refractivity contribution in [3.05, 3.63) is 47.2 Å². The van der Waals surface area contributed by atoms with Gasteiger partial charge in [0.1, 0.15) is 0 Å². The zero-order valence-electron chi connectivity index (χ0n) is 12.3. The molecule has 20 heavy (non-hydrogen) atoms. The first-order chi connectivity index (χ1) is 8.27. The van der Waals surface area contributed by atoms with Crippen LogP contribution in [0, 0.1) is 12.2 Å². The van der Waals surface area contributed by atoms with E-state index < -0.39 is 8.07 Å². The molecule has 1 heterocycles. The van der Waals surface area contributed by atoms with Gasteiger partial charge in [-0.25, -0.2) is 23.8 Å². The van der Waals surface area contributed by atoms with Gasteiger partial charge in [-0.15, -0.1) is 12.8 Å². The molecule has 1 aliphatic heterocycles. The SMILES string of the molecule is CC[Si]1(C2=[C-]C(C)=CC2)CCC1.[C-]1=CC=CC1.[Cl-].[Cl-].[Ti+4]. The Balaban J connectivity index is 0. The molecular weight excluding hydrogens is 339 g/mol. The predicted molar refractivity (Wildman–Crippen MR) is 77.2 cm³/mol. The van der Waals surface area contributed by atoms with Gasteiger partial charge in [-0.05, 0) is 0 Å². The van der Waals surface area contributed by atoms with Crippen molar-refractivity contribution in [1.82, 2.24) is 0 Å². The molecule has 0 amide bonds. The molecule has 3 aliphatic rings. The van der Waals surface area contributed by atoms with Crippen LogP contribution in [0.1, 0.15) is 33.1 Å². The standard InChI is InChI=1S/C11H17Si.C5H5.2ClH.Ti/c1-3-12(7-4-8-12)11-6-5-10(2)9-11;1-2-4-5-3-1;;;/h5H,3-4,6-8H2,1-2H3;1-3H,4H2;2*1H;/q2*-1;;;+4/p-2. The summed E-state index contributed by atoms with van der Waals surface area (Å²) in [6.07, 6.45) is 18.7. The van der Waals surface area contributed by atoms with Gasteiger partial charge in [0.05, 0.1) is 8.07 Å².